The maximum absolute atomic E-state index is 12.1. The predicted octanol–water partition coefficient (Wildman–Crippen LogP) is 4.00. The highest BCUT2D eigenvalue weighted by Gasteiger charge is 2.14. The molecule has 0 aliphatic heterocycles. The molecule has 0 radical (unpaired) electrons. The van der Waals surface area contributed by atoms with Crippen LogP contribution in [0.4, 0.5) is 5.69 Å². The second kappa shape index (κ2) is 6.48. The predicted molar refractivity (Wildman–Crippen MR) is 85.8 cm³/mol. The van der Waals surface area contributed by atoms with Crippen LogP contribution < -0.4 is 11.1 Å². The Bertz CT molecular complexity index is 591. The van der Waals surface area contributed by atoms with Gasteiger partial charge < -0.3 is 11.1 Å². The van der Waals surface area contributed by atoms with Gasteiger partial charge in [-0.15, -0.1) is 0 Å². The Balaban J connectivity index is 2.04. The van der Waals surface area contributed by atoms with Crippen LogP contribution in [0, 0.1) is 0 Å². The van der Waals surface area contributed by atoms with Gasteiger partial charge in [-0.2, -0.15) is 11.3 Å². The third-order valence-electron chi connectivity index (χ3n) is 2.84. The zero-order valence-electron chi connectivity index (χ0n) is 10.8. The van der Waals surface area contributed by atoms with Crippen molar-refractivity contribution >= 4 is 46.1 Å². The van der Waals surface area contributed by atoms with E-state index < -0.39 is 0 Å². The molecule has 0 spiro atoms. The third kappa shape index (κ3) is 3.66. The van der Waals surface area contributed by atoms with Crippen molar-refractivity contribution in [3.05, 3.63) is 50.1 Å². The molecule has 1 atom stereocenters. The Morgan fingerprint density at radius 1 is 1.40 bits per heavy atom. The van der Waals surface area contributed by atoms with E-state index in [0.29, 0.717) is 5.56 Å². The lowest BCUT2D eigenvalue weighted by atomic mass is 10.1. The average Bonchev–Trinajstić information content (AvgIpc) is 2.87. The number of halogens is 2. The summed E-state index contributed by atoms with van der Waals surface area (Å²) >= 11 is 13.5. The second-order valence-electron chi connectivity index (χ2n) is 4.56. The molecule has 1 amide bonds. The van der Waals surface area contributed by atoms with Crippen LogP contribution in [0.5, 0.6) is 0 Å². The summed E-state index contributed by atoms with van der Waals surface area (Å²) in [6.07, 6.45) is 0.783. The molecule has 20 heavy (non-hydrogen) atoms. The van der Waals surface area contributed by atoms with Gasteiger partial charge in [0.05, 0.1) is 15.7 Å². The van der Waals surface area contributed by atoms with Crippen molar-refractivity contribution < 1.29 is 4.79 Å². The summed E-state index contributed by atoms with van der Waals surface area (Å²) in [5.41, 5.74) is 7.55. The smallest absolute Gasteiger partial charge is 0.251 e. The van der Waals surface area contributed by atoms with Crippen LogP contribution in [-0.2, 0) is 6.42 Å². The topological polar surface area (TPSA) is 55.1 Å². The zero-order chi connectivity index (χ0) is 14.7. The Labute approximate surface area is 131 Å². The van der Waals surface area contributed by atoms with Crippen LogP contribution in [0.15, 0.2) is 29.0 Å². The number of carbonyl (C=O) groups is 1. The Kier molecular flexibility index (Phi) is 4.91. The molecule has 106 valence electrons. The van der Waals surface area contributed by atoms with Crippen molar-refractivity contribution in [1.82, 2.24) is 5.32 Å². The highest BCUT2D eigenvalue weighted by atomic mass is 35.5. The fraction of sp³-hybridized carbons (Fsp3) is 0.214. The van der Waals surface area contributed by atoms with Crippen molar-refractivity contribution in [2.45, 2.75) is 19.4 Å². The second-order valence-corrected chi connectivity index (χ2v) is 6.16. The van der Waals surface area contributed by atoms with Crippen LogP contribution in [0.1, 0.15) is 22.8 Å². The number of amides is 1. The number of anilines is 1. The number of hydrogen-bond acceptors (Lipinski definition) is 3. The van der Waals surface area contributed by atoms with Crippen LogP contribution in [-0.4, -0.2) is 11.9 Å². The molecule has 1 aromatic carbocycles. The van der Waals surface area contributed by atoms with E-state index in [2.05, 4.69) is 10.7 Å². The molecule has 2 rings (SSSR count). The lowest BCUT2D eigenvalue weighted by molar-refractivity contribution is 0.0940. The van der Waals surface area contributed by atoms with E-state index in [9.17, 15) is 4.79 Å². The fourth-order valence-electron chi connectivity index (χ4n) is 1.84. The maximum Gasteiger partial charge on any atom is 0.251 e. The molecule has 0 saturated carbocycles. The summed E-state index contributed by atoms with van der Waals surface area (Å²) in [4.78, 5) is 12.1. The van der Waals surface area contributed by atoms with E-state index in [-0.39, 0.29) is 27.7 Å². The molecule has 0 saturated heterocycles. The molecular formula is C14H14Cl2N2OS. The molecular weight excluding hydrogens is 315 g/mol. The summed E-state index contributed by atoms with van der Waals surface area (Å²) in [6, 6.07) is 5.11. The molecule has 0 aliphatic carbocycles. The number of nitrogens with two attached hydrogens (primary N) is 1. The third-order valence-corrected chi connectivity index (χ3v) is 4.20. The number of thiophene rings is 1. The highest BCUT2D eigenvalue weighted by Crippen LogP contribution is 2.28. The molecule has 2 aromatic rings. The van der Waals surface area contributed by atoms with Gasteiger partial charge in [-0.3, -0.25) is 4.79 Å². The first-order valence-electron chi connectivity index (χ1n) is 6.04. The number of nitrogens with one attached hydrogen (secondary N) is 1. The fourth-order valence-corrected chi connectivity index (χ4v) is 3.00. The first-order chi connectivity index (χ1) is 9.47. The van der Waals surface area contributed by atoms with E-state index in [0.717, 1.165) is 6.42 Å². The minimum Gasteiger partial charge on any atom is -0.396 e. The van der Waals surface area contributed by atoms with Crippen molar-refractivity contribution in [2.75, 3.05) is 5.73 Å². The van der Waals surface area contributed by atoms with Gasteiger partial charge in [0.1, 0.15) is 0 Å². The van der Waals surface area contributed by atoms with Crippen LogP contribution in [0.25, 0.3) is 0 Å². The first kappa shape index (κ1) is 15.2. The summed E-state index contributed by atoms with van der Waals surface area (Å²) in [5.74, 6) is -0.212. The number of benzene rings is 1. The quantitative estimate of drug-likeness (QED) is 0.833. The van der Waals surface area contributed by atoms with E-state index in [1.54, 1.807) is 11.3 Å². The maximum atomic E-state index is 12.1. The number of carbonyl (C=O) groups excluding carboxylic acids is 1. The molecule has 1 unspecified atom stereocenters. The van der Waals surface area contributed by atoms with Crippen molar-refractivity contribution in [3.63, 3.8) is 0 Å². The van der Waals surface area contributed by atoms with Crippen LogP contribution in [0.3, 0.4) is 0 Å². The summed E-state index contributed by atoms with van der Waals surface area (Å²) in [6.45, 7) is 1.95. The molecule has 3 nitrogen and oxygen atoms in total. The Morgan fingerprint density at radius 2 is 2.05 bits per heavy atom. The molecule has 1 heterocycles. The average molecular weight is 329 g/mol. The van der Waals surface area contributed by atoms with Gasteiger partial charge in [0, 0.05) is 11.6 Å². The van der Waals surface area contributed by atoms with Crippen molar-refractivity contribution in [2.24, 2.45) is 0 Å². The normalized spacial score (nSPS) is 12.2. The van der Waals surface area contributed by atoms with Gasteiger partial charge in [0.15, 0.2) is 0 Å². The van der Waals surface area contributed by atoms with E-state index in [1.807, 2.05) is 18.4 Å². The molecule has 0 aliphatic rings. The van der Waals surface area contributed by atoms with E-state index in [4.69, 9.17) is 28.9 Å². The molecule has 1 aromatic heterocycles. The van der Waals surface area contributed by atoms with Crippen LogP contribution in [0.2, 0.25) is 10.0 Å². The van der Waals surface area contributed by atoms with E-state index in [1.165, 1.54) is 17.7 Å². The van der Waals surface area contributed by atoms with Gasteiger partial charge in [-0.25, -0.2) is 0 Å². The van der Waals surface area contributed by atoms with Crippen LogP contribution >= 0.6 is 34.5 Å². The largest absolute Gasteiger partial charge is 0.396 e. The minimum absolute atomic E-state index is 0.0206. The van der Waals surface area contributed by atoms with Crippen molar-refractivity contribution in [1.29, 1.82) is 0 Å². The zero-order valence-corrected chi connectivity index (χ0v) is 13.1. The molecule has 6 heteroatoms. The number of rotatable bonds is 4. The molecule has 0 bridgehead atoms. The molecule has 3 N–H and O–H groups in total. The Hall–Kier alpha value is -1.23. The first-order valence-corrected chi connectivity index (χ1v) is 7.73. The summed E-state index contributed by atoms with van der Waals surface area (Å²) in [7, 11) is 0. The monoisotopic (exact) mass is 328 g/mol. The van der Waals surface area contributed by atoms with Crippen molar-refractivity contribution in [3.8, 4) is 0 Å². The van der Waals surface area contributed by atoms with Gasteiger partial charge in [0.25, 0.3) is 5.91 Å². The standard InChI is InChI=1S/C14H14Cl2N2OS/c1-8(4-9-2-3-20-7-9)18-14(19)10-5-11(15)13(17)12(16)6-10/h2-3,5-8H,4,17H2,1H3,(H,18,19). The lowest BCUT2D eigenvalue weighted by Gasteiger charge is -2.14. The lowest BCUT2D eigenvalue weighted by Crippen LogP contribution is -2.34. The summed E-state index contributed by atoms with van der Waals surface area (Å²) < 4.78 is 0. The Morgan fingerprint density at radius 3 is 2.60 bits per heavy atom. The van der Waals surface area contributed by atoms with Gasteiger partial charge in [-0.1, -0.05) is 23.2 Å². The van der Waals surface area contributed by atoms with Gasteiger partial charge >= 0.3 is 0 Å². The minimum atomic E-state index is -0.212. The van der Waals surface area contributed by atoms with E-state index >= 15 is 0 Å². The number of hydrogen-bond donors (Lipinski definition) is 2. The van der Waals surface area contributed by atoms with Gasteiger partial charge in [0.2, 0.25) is 0 Å². The van der Waals surface area contributed by atoms with Gasteiger partial charge in [-0.05, 0) is 47.9 Å². The highest BCUT2D eigenvalue weighted by molar-refractivity contribution is 7.07. The molecule has 0 fully saturated rings. The number of nitrogen functional groups attached to an aromatic ring is 1. The summed E-state index contributed by atoms with van der Waals surface area (Å²) in [5, 5.41) is 7.57. The SMILES string of the molecule is CC(Cc1ccsc1)NC(=O)c1cc(Cl)c(N)c(Cl)c1.